The van der Waals surface area contributed by atoms with E-state index in [1.807, 2.05) is 27.7 Å². The average molecular weight is 392 g/mol. The Morgan fingerprint density at radius 3 is 2.59 bits per heavy atom. The highest BCUT2D eigenvalue weighted by Crippen LogP contribution is 2.20. The Morgan fingerprint density at radius 1 is 1.41 bits per heavy atom. The van der Waals surface area contributed by atoms with Crippen molar-refractivity contribution < 1.29 is 14.3 Å². The van der Waals surface area contributed by atoms with Gasteiger partial charge in [-0.05, 0) is 52.2 Å². The predicted molar refractivity (Wildman–Crippen MR) is 105 cm³/mol. The van der Waals surface area contributed by atoms with E-state index in [1.54, 1.807) is 11.0 Å². The first-order chi connectivity index (χ1) is 12.6. The number of rotatable bonds is 3. The van der Waals surface area contributed by atoms with Gasteiger partial charge in [-0.25, -0.2) is 9.78 Å². The Balaban J connectivity index is 1.99. The minimum Gasteiger partial charge on any atom is -0.444 e. The summed E-state index contributed by atoms with van der Waals surface area (Å²) < 4.78 is 5.39. The first kappa shape index (κ1) is 21.0. The van der Waals surface area contributed by atoms with Crippen molar-refractivity contribution in [1.29, 1.82) is 0 Å². The van der Waals surface area contributed by atoms with Crippen molar-refractivity contribution in [3.63, 3.8) is 0 Å². The lowest BCUT2D eigenvalue weighted by Gasteiger charge is -2.33. The molecule has 27 heavy (non-hydrogen) atoms. The fourth-order valence-electron chi connectivity index (χ4n) is 3.02. The number of nitrogens with one attached hydrogen (secondary N) is 1. The minimum absolute atomic E-state index is 0.0232. The summed E-state index contributed by atoms with van der Waals surface area (Å²) >= 11 is 5.99. The Bertz CT molecular complexity index is 757. The number of likely N-dealkylation sites (tertiary alicyclic amines) is 1. The van der Waals surface area contributed by atoms with Crippen LogP contribution in [0.25, 0.3) is 0 Å². The molecule has 0 radical (unpaired) electrons. The van der Waals surface area contributed by atoms with E-state index in [4.69, 9.17) is 22.8 Å². The maximum Gasteiger partial charge on any atom is 0.410 e. The molecular formula is C20H26ClN3O3. The van der Waals surface area contributed by atoms with Crippen LogP contribution < -0.4 is 5.32 Å². The summed E-state index contributed by atoms with van der Waals surface area (Å²) in [6.07, 6.45) is 6.63. The standard InChI is InChI=1S/C20H26ClN3O3/c1-6-7-15-17(13(2)12-16(21)23-15)18(25)22-14-8-10-24(11-9-14)19(26)27-20(3,4)5/h1,12,14H,7-11H2,2-5H3,(H,22,25). The molecule has 1 aromatic heterocycles. The van der Waals surface area contributed by atoms with Crippen LogP contribution in [0.2, 0.25) is 5.15 Å². The van der Waals surface area contributed by atoms with E-state index in [0.29, 0.717) is 42.3 Å². The number of carbonyl (C=O) groups excluding carboxylic acids is 2. The number of hydrogen-bond acceptors (Lipinski definition) is 4. The topological polar surface area (TPSA) is 71.5 Å². The molecule has 1 saturated heterocycles. The number of ether oxygens (including phenoxy) is 1. The number of carbonyl (C=O) groups is 2. The number of piperidine rings is 1. The molecule has 2 heterocycles. The molecule has 6 nitrogen and oxygen atoms in total. The summed E-state index contributed by atoms with van der Waals surface area (Å²) in [5.74, 6) is 2.30. The molecule has 0 aliphatic carbocycles. The second kappa shape index (κ2) is 8.62. The predicted octanol–water partition coefficient (Wildman–Crippen LogP) is 3.35. The van der Waals surface area contributed by atoms with Crippen molar-refractivity contribution in [3.05, 3.63) is 28.0 Å². The summed E-state index contributed by atoms with van der Waals surface area (Å²) in [5, 5.41) is 3.35. The molecule has 7 heteroatoms. The zero-order chi connectivity index (χ0) is 20.2. The second-order valence-corrected chi connectivity index (χ2v) is 8.07. The van der Waals surface area contributed by atoms with Crippen LogP contribution in [0, 0.1) is 19.3 Å². The van der Waals surface area contributed by atoms with E-state index in [1.165, 1.54) is 0 Å². The van der Waals surface area contributed by atoms with Crippen LogP contribution in [-0.2, 0) is 11.2 Å². The summed E-state index contributed by atoms with van der Waals surface area (Å²) in [6, 6.07) is 1.63. The first-order valence-corrected chi connectivity index (χ1v) is 9.37. The zero-order valence-corrected chi connectivity index (χ0v) is 17.0. The van der Waals surface area contributed by atoms with Crippen molar-refractivity contribution in [1.82, 2.24) is 15.2 Å². The summed E-state index contributed by atoms with van der Waals surface area (Å²) in [7, 11) is 0. The molecule has 1 N–H and O–H groups in total. The fraction of sp³-hybridized carbons (Fsp3) is 0.550. The quantitative estimate of drug-likeness (QED) is 0.633. The smallest absolute Gasteiger partial charge is 0.410 e. The molecule has 1 aromatic rings. The van der Waals surface area contributed by atoms with Crippen molar-refractivity contribution >= 4 is 23.6 Å². The van der Waals surface area contributed by atoms with Crippen LogP contribution in [0.15, 0.2) is 6.07 Å². The average Bonchev–Trinajstić information content (AvgIpc) is 2.53. The summed E-state index contributed by atoms with van der Waals surface area (Å²) in [4.78, 5) is 30.8. The molecule has 1 aliphatic heterocycles. The fourth-order valence-corrected chi connectivity index (χ4v) is 3.29. The molecule has 0 unspecified atom stereocenters. The van der Waals surface area contributed by atoms with E-state index in [0.717, 1.165) is 5.56 Å². The van der Waals surface area contributed by atoms with Crippen molar-refractivity contribution in [3.8, 4) is 12.3 Å². The normalized spacial score (nSPS) is 15.2. The van der Waals surface area contributed by atoms with Crippen LogP contribution in [0.3, 0.4) is 0 Å². The molecular weight excluding hydrogens is 366 g/mol. The van der Waals surface area contributed by atoms with Crippen molar-refractivity contribution in [2.24, 2.45) is 0 Å². The van der Waals surface area contributed by atoms with Crippen LogP contribution in [0.1, 0.15) is 55.2 Å². The van der Waals surface area contributed by atoms with E-state index in [9.17, 15) is 9.59 Å². The van der Waals surface area contributed by atoms with Crippen LogP contribution in [0.4, 0.5) is 4.79 Å². The Labute approximate surface area is 165 Å². The lowest BCUT2D eigenvalue weighted by molar-refractivity contribution is 0.0199. The lowest BCUT2D eigenvalue weighted by atomic mass is 10.0. The maximum atomic E-state index is 12.8. The Hall–Kier alpha value is -2.26. The highest BCUT2D eigenvalue weighted by molar-refractivity contribution is 6.29. The number of aromatic nitrogens is 1. The van der Waals surface area contributed by atoms with Gasteiger partial charge in [0.1, 0.15) is 10.8 Å². The number of terminal acetylenes is 1. The van der Waals surface area contributed by atoms with E-state index in [2.05, 4.69) is 16.2 Å². The highest BCUT2D eigenvalue weighted by Gasteiger charge is 2.28. The number of nitrogens with zero attached hydrogens (tertiary/aromatic N) is 2. The van der Waals surface area contributed by atoms with E-state index in [-0.39, 0.29) is 24.5 Å². The lowest BCUT2D eigenvalue weighted by Crippen LogP contribution is -2.48. The number of pyridine rings is 1. The van der Waals surface area contributed by atoms with Gasteiger partial charge in [0.25, 0.3) is 5.91 Å². The van der Waals surface area contributed by atoms with Crippen LogP contribution >= 0.6 is 11.6 Å². The Morgan fingerprint density at radius 2 is 2.04 bits per heavy atom. The van der Waals surface area contributed by atoms with E-state index >= 15 is 0 Å². The number of halogens is 1. The van der Waals surface area contributed by atoms with Gasteiger partial charge in [-0.1, -0.05) is 11.6 Å². The largest absolute Gasteiger partial charge is 0.444 e. The van der Waals surface area contributed by atoms with Gasteiger partial charge in [0.2, 0.25) is 0 Å². The number of aryl methyl sites for hydroxylation is 1. The third-order valence-electron chi connectivity index (χ3n) is 4.24. The molecule has 2 rings (SSSR count). The first-order valence-electron chi connectivity index (χ1n) is 8.99. The zero-order valence-electron chi connectivity index (χ0n) is 16.3. The number of amides is 2. The van der Waals surface area contributed by atoms with Crippen LogP contribution in [-0.4, -0.2) is 46.6 Å². The minimum atomic E-state index is -0.519. The van der Waals surface area contributed by atoms with E-state index < -0.39 is 5.60 Å². The van der Waals surface area contributed by atoms with Gasteiger partial charge in [-0.2, -0.15) is 0 Å². The maximum absolute atomic E-state index is 12.8. The molecule has 2 amide bonds. The van der Waals surface area contributed by atoms with Gasteiger partial charge in [-0.3, -0.25) is 4.79 Å². The number of hydrogen-bond donors (Lipinski definition) is 1. The van der Waals surface area contributed by atoms with Gasteiger partial charge >= 0.3 is 6.09 Å². The Kier molecular flexibility index (Phi) is 6.72. The van der Waals surface area contributed by atoms with Crippen molar-refractivity contribution in [2.75, 3.05) is 13.1 Å². The van der Waals surface area contributed by atoms with Gasteiger partial charge < -0.3 is 15.0 Å². The molecule has 0 spiro atoms. The van der Waals surface area contributed by atoms with Crippen LogP contribution in [0.5, 0.6) is 0 Å². The third kappa shape index (κ3) is 5.86. The molecule has 1 aliphatic rings. The van der Waals surface area contributed by atoms with Gasteiger partial charge in [-0.15, -0.1) is 12.3 Å². The summed E-state index contributed by atoms with van der Waals surface area (Å²) in [6.45, 7) is 8.41. The van der Waals surface area contributed by atoms with Crippen molar-refractivity contribution in [2.45, 2.75) is 58.6 Å². The van der Waals surface area contributed by atoms with Gasteiger partial charge in [0, 0.05) is 19.1 Å². The molecule has 0 atom stereocenters. The highest BCUT2D eigenvalue weighted by atomic mass is 35.5. The third-order valence-corrected chi connectivity index (χ3v) is 4.43. The molecule has 0 saturated carbocycles. The molecule has 0 bridgehead atoms. The summed E-state index contributed by atoms with van der Waals surface area (Å²) in [5.41, 5.74) is 1.20. The second-order valence-electron chi connectivity index (χ2n) is 7.68. The molecule has 1 fully saturated rings. The van der Waals surface area contributed by atoms with Gasteiger partial charge in [0.15, 0.2) is 0 Å². The molecule has 146 valence electrons. The monoisotopic (exact) mass is 391 g/mol. The SMILES string of the molecule is C#CCc1nc(Cl)cc(C)c1C(=O)NC1CCN(C(=O)OC(C)(C)C)CC1. The molecule has 0 aromatic carbocycles. The van der Waals surface area contributed by atoms with Gasteiger partial charge in [0.05, 0.1) is 17.7 Å².